The van der Waals surface area contributed by atoms with Gasteiger partial charge in [-0.2, -0.15) is 13.2 Å². The lowest BCUT2D eigenvalue weighted by molar-refractivity contribution is -0.137. The molecule has 0 saturated heterocycles. The van der Waals surface area contributed by atoms with Gasteiger partial charge in [0.15, 0.2) is 0 Å². The number of hydrogen-bond donors (Lipinski definition) is 2. The lowest BCUT2D eigenvalue weighted by Gasteiger charge is -2.28. The van der Waals surface area contributed by atoms with Crippen LogP contribution in [0, 0.1) is 0 Å². The van der Waals surface area contributed by atoms with Crippen LogP contribution in [0.25, 0.3) is 0 Å². The van der Waals surface area contributed by atoms with Crippen LogP contribution in [0.3, 0.4) is 0 Å². The van der Waals surface area contributed by atoms with Crippen LogP contribution in [-0.4, -0.2) is 15.9 Å². The van der Waals surface area contributed by atoms with Crippen molar-refractivity contribution in [1.29, 1.82) is 0 Å². The van der Waals surface area contributed by atoms with Crippen LogP contribution >= 0.6 is 46.4 Å². The Balaban J connectivity index is 2.54. The molecule has 1 atom stereocenters. The lowest BCUT2D eigenvalue weighted by atomic mass is 10.1. The molecule has 0 radical (unpaired) electrons. The highest BCUT2D eigenvalue weighted by Gasteiger charge is 2.35. The number of amides is 1. The molecule has 1 aromatic rings. The summed E-state index contributed by atoms with van der Waals surface area (Å²) in [5.74, 6) is -0.366. The smallest absolute Gasteiger partial charge is 0.361 e. The van der Waals surface area contributed by atoms with Crippen molar-refractivity contribution >= 4 is 58.0 Å². The van der Waals surface area contributed by atoms with Crippen LogP contribution in [-0.2, 0) is 11.0 Å². The van der Waals surface area contributed by atoms with Crippen molar-refractivity contribution in [2.45, 2.75) is 87.3 Å². The van der Waals surface area contributed by atoms with Gasteiger partial charge in [0.2, 0.25) is 9.70 Å². The van der Waals surface area contributed by atoms with Crippen LogP contribution < -0.4 is 10.6 Å². The van der Waals surface area contributed by atoms with Crippen LogP contribution in [0.1, 0.15) is 76.7 Å². The Morgan fingerprint density at radius 2 is 1.52 bits per heavy atom. The Morgan fingerprint density at radius 3 is 2.03 bits per heavy atom. The third-order valence-corrected chi connectivity index (χ3v) is 5.72. The minimum atomic E-state index is -4.56. The summed E-state index contributed by atoms with van der Waals surface area (Å²) in [5.41, 5.74) is -1.01. The summed E-state index contributed by atoms with van der Waals surface area (Å²) in [4.78, 5) is 12.3. The standard InChI is InChI=1S/C21H29Cl4F3N2O/c1-2-3-4-5-6-7-8-9-10-11-18(31)30-19(20(23,24)25)29-17-14-15(21(26,27)28)12-13-16(17)22/h12-14,19,29H,2-11H2,1H3,(H,30,31)/t19-/m1/s1. The topological polar surface area (TPSA) is 41.1 Å². The fraction of sp³-hybridized carbons (Fsp3) is 0.667. The number of carbonyl (C=O) groups is 1. The molecule has 0 aliphatic carbocycles. The number of unbranched alkanes of at least 4 members (excludes halogenated alkanes) is 8. The van der Waals surface area contributed by atoms with Gasteiger partial charge in [-0.05, 0) is 24.6 Å². The normalized spacial score (nSPS) is 13.2. The fourth-order valence-electron chi connectivity index (χ4n) is 3.00. The van der Waals surface area contributed by atoms with Crippen LogP contribution in [0.2, 0.25) is 5.02 Å². The average Bonchev–Trinajstić information content (AvgIpc) is 2.66. The first kappa shape index (κ1) is 28.5. The number of nitrogens with one attached hydrogen (secondary N) is 2. The molecular formula is C21H29Cl4F3N2O. The number of halogens is 7. The van der Waals surface area contributed by atoms with Gasteiger partial charge in [0.25, 0.3) is 0 Å². The molecule has 0 spiro atoms. The SMILES string of the molecule is CCCCCCCCCCCC(=O)N[C@@H](Nc1cc(C(F)(F)F)ccc1Cl)C(Cl)(Cl)Cl. The first-order valence-corrected chi connectivity index (χ1v) is 12.0. The van der Waals surface area contributed by atoms with Gasteiger partial charge in [-0.15, -0.1) is 0 Å². The predicted molar refractivity (Wildman–Crippen MR) is 124 cm³/mol. The second-order valence-corrected chi connectivity index (χ2v) is 10.2. The minimum Gasteiger partial charge on any atom is -0.361 e. The van der Waals surface area contributed by atoms with E-state index in [2.05, 4.69) is 17.6 Å². The average molecular weight is 524 g/mol. The molecule has 0 aromatic heterocycles. The molecule has 0 bridgehead atoms. The van der Waals surface area contributed by atoms with Crippen molar-refractivity contribution in [1.82, 2.24) is 5.32 Å². The maximum Gasteiger partial charge on any atom is 0.416 e. The van der Waals surface area contributed by atoms with Gasteiger partial charge in [-0.25, -0.2) is 0 Å². The molecule has 10 heteroatoms. The summed E-state index contributed by atoms with van der Waals surface area (Å²) in [6.45, 7) is 2.18. The number of hydrogen-bond acceptors (Lipinski definition) is 2. The summed E-state index contributed by atoms with van der Waals surface area (Å²) in [6.07, 6.45) is 4.37. The van der Waals surface area contributed by atoms with Gasteiger partial charge >= 0.3 is 6.18 Å². The molecule has 31 heavy (non-hydrogen) atoms. The molecule has 2 N–H and O–H groups in total. The van der Waals surface area contributed by atoms with E-state index in [1.54, 1.807) is 0 Å². The van der Waals surface area contributed by atoms with Gasteiger partial charge in [0.1, 0.15) is 6.17 Å². The maximum absolute atomic E-state index is 13.0. The van der Waals surface area contributed by atoms with Gasteiger partial charge in [-0.1, -0.05) is 105 Å². The third kappa shape index (κ3) is 11.7. The van der Waals surface area contributed by atoms with Crippen molar-refractivity contribution in [3.63, 3.8) is 0 Å². The molecule has 3 nitrogen and oxygen atoms in total. The monoisotopic (exact) mass is 522 g/mol. The number of carbonyl (C=O) groups excluding carboxylic acids is 1. The van der Waals surface area contributed by atoms with E-state index >= 15 is 0 Å². The summed E-state index contributed by atoms with van der Waals surface area (Å²) in [5, 5.41) is 5.14. The van der Waals surface area contributed by atoms with Gasteiger partial charge in [0, 0.05) is 6.42 Å². The Hall–Kier alpha value is -0.560. The van der Waals surface area contributed by atoms with E-state index in [4.69, 9.17) is 46.4 Å². The molecule has 1 amide bonds. The van der Waals surface area contributed by atoms with Crippen molar-refractivity contribution < 1.29 is 18.0 Å². The Kier molecular flexibility index (Phi) is 12.7. The second kappa shape index (κ2) is 13.9. The molecule has 0 aliphatic rings. The molecule has 0 saturated carbocycles. The maximum atomic E-state index is 13.0. The third-order valence-electron chi connectivity index (χ3n) is 4.73. The molecule has 0 aliphatic heterocycles. The summed E-state index contributed by atoms with van der Waals surface area (Å²) < 4.78 is 36.9. The van der Waals surface area contributed by atoms with E-state index in [0.29, 0.717) is 6.42 Å². The molecule has 0 unspecified atom stereocenters. The predicted octanol–water partition coefficient (Wildman–Crippen LogP) is 8.50. The zero-order valence-electron chi connectivity index (χ0n) is 17.4. The van der Waals surface area contributed by atoms with E-state index in [0.717, 1.165) is 37.5 Å². The van der Waals surface area contributed by atoms with Crippen molar-refractivity contribution in [3.8, 4) is 0 Å². The molecule has 178 valence electrons. The fourth-order valence-corrected chi connectivity index (χ4v) is 3.50. The van der Waals surface area contributed by atoms with Crippen molar-refractivity contribution in [2.75, 3.05) is 5.32 Å². The summed E-state index contributed by atoms with van der Waals surface area (Å²) in [7, 11) is 0. The van der Waals surface area contributed by atoms with E-state index in [-0.39, 0.29) is 23.0 Å². The quantitative estimate of drug-likeness (QED) is 0.154. The molecular weight excluding hydrogens is 495 g/mol. The van der Waals surface area contributed by atoms with E-state index in [1.165, 1.54) is 32.1 Å². The van der Waals surface area contributed by atoms with E-state index in [1.807, 2.05) is 0 Å². The molecule has 0 heterocycles. The van der Waals surface area contributed by atoms with Crippen molar-refractivity contribution in [2.24, 2.45) is 0 Å². The zero-order valence-corrected chi connectivity index (χ0v) is 20.5. The van der Waals surface area contributed by atoms with Gasteiger partial charge < -0.3 is 10.6 Å². The minimum absolute atomic E-state index is 0.000403. The number of benzene rings is 1. The molecule has 0 fully saturated rings. The first-order chi connectivity index (χ1) is 14.4. The van der Waals surface area contributed by atoms with E-state index < -0.39 is 21.7 Å². The van der Waals surface area contributed by atoms with Gasteiger partial charge in [0.05, 0.1) is 16.3 Å². The highest BCUT2D eigenvalue weighted by Crippen LogP contribution is 2.36. The Labute approximate surface area is 202 Å². The lowest BCUT2D eigenvalue weighted by Crippen LogP contribution is -2.49. The summed E-state index contributed by atoms with van der Waals surface area (Å²) >= 11 is 23.7. The first-order valence-electron chi connectivity index (χ1n) is 10.4. The van der Waals surface area contributed by atoms with Crippen molar-refractivity contribution in [3.05, 3.63) is 28.8 Å². The summed E-state index contributed by atoms with van der Waals surface area (Å²) in [6, 6.07) is 2.74. The Bertz CT molecular complexity index is 682. The second-order valence-electron chi connectivity index (χ2n) is 7.46. The number of rotatable bonds is 13. The zero-order chi connectivity index (χ0) is 23.5. The van der Waals surface area contributed by atoms with Gasteiger partial charge in [-0.3, -0.25) is 4.79 Å². The number of alkyl halides is 6. The Morgan fingerprint density at radius 1 is 0.968 bits per heavy atom. The van der Waals surface area contributed by atoms with E-state index in [9.17, 15) is 18.0 Å². The largest absolute Gasteiger partial charge is 0.416 e. The van der Waals surface area contributed by atoms with Crippen LogP contribution in [0.5, 0.6) is 0 Å². The highest BCUT2D eigenvalue weighted by atomic mass is 35.6. The molecule has 1 rings (SSSR count). The highest BCUT2D eigenvalue weighted by molar-refractivity contribution is 6.68. The molecule has 1 aromatic carbocycles. The van der Waals surface area contributed by atoms with Crippen LogP contribution in [0.15, 0.2) is 18.2 Å². The number of anilines is 1. The van der Waals surface area contributed by atoms with Crippen LogP contribution in [0.4, 0.5) is 18.9 Å².